The Hall–Kier alpha value is -0.690. The number of carbonyl (C=O) groups excluding carboxylic acids is 1. The summed E-state index contributed by atoms with van der Waals surface area (Å²) in [4.78, 5) is 17.3. The average molecular weight is 354 g/mol. The number of hydrogen-bond acceptors (Lipinski definition) is 5. The highest BCUT2D eigenvalue weighted by Gasteiger charge is 2.33. The van der Waals surface area contributed by atoms with Crippen LogP contribution in [0, 0.1) is 11.8 Å². The van der Waals surface area contributed by atoms with Gasteiger partial charge in [0.1, 0.15) is 0 Å². The van der Waals surface area contributed by atoms with Crippen molar-refractivity contribution in [1.29, 1.82) is 0 Å². The number of morpholine rings is 1. The largest absolute Gasteiger partial charge is 0.381 e. The fraction of sp³-hybridized carbons (Fsp3) is 0.947. The third-order valence-corrected chi connectivity index (χ3v) is 6.00. The van der Waals surface area contributed by atoms with E-state index in [0.29, 0.717) is 18.1 Å². The fourth-order valence-corrected chi connectivity index (χ4v) is 4.62. The molecule has 0 spiro atoms. The Bertz CT molecular complexity index is 424. The minimum Gasteiger partial charge on any atom is -0.381 e. The average Bonchev–Trinajstić information content (AvgIpc) is 2.61. The number of nitrogens with zero attached hydrogens (tertiary/aromatic N) is 2. The first-order valence-corrected chi connectivity index (χ1v) is 10.0. The SMILES string of the molecule is CC1CN(CC2CCN(C(=O)C(N)C3CCOCC3)CC2)CC(C)O1. The number of ether oxygens (including phenoxy) is 2. The number of piperidine rings is 1. The van der Waals surface area contributed by atoms with E-state index in [2.05, 4.69) is 18.7 Å². The van der Waals surface area contributed by atoms with Crippen molar-refractivity contribution in [3.05, 3.63) is 0 Å². The van der Waals surface area contributed by atoms with E-state index in [1.165, 1.54) is 0 Å². The van der Waals surface area contributed by atoms with E-state index in [4.69, 9.17) is 15.2 Å². The summed E-state index contributed by atoms with van der Waals surface area (Å²) in [6, 6.07) is -0.346. The van der Waals surface area contributed by atoms with Gasteiger partial charge in [0.05, 0.1) is 18.2 Å². The van der Waals surface area contributed by atoms with Crippen LogP contribution in [0.2, 0.25) is 0 Å². The van der Waals surface area contributed by atoms with Crippen LogP contribution in [0.4, 0.5) is 0 Å². The van der Waals surface area contributed by atoms with Crippen molar-refractivity contribution >= 4 is 5.91 Å². The molecule has 0 aromatic heterocycles. The van der Waals surface area contributed by atoms with Gasteiger partial charge >= 0.3 is 0 Å². The van der Waals surface area contributed by atoms with Gasteiger partial charge in [0.2, 0.25) is 5.91 Å². The molecule has 0 aromatic rings. The molecule has 3 heterocycles. The molecule has 1 amide bonds. The highest BCUT2D eigenvalue weighted by atomic mass is 16.5. The molecule has 6 nitrogen and oxygen atoms in total. The van der Waals surface area contributed by atoms with Crippen LogP contribution >= 0.6 is 0 Å². The van der Waals surface area contributed by atoms with Crippen LogP contribution in [0.15, 0.2) is 0 Å². The number of rotatable bonds is 4. The lowest BCUT2D eigenvalue weighted by molar-refractivity contribution is -0.136. The highest BCUT2D eigenvalue weighted by Crippen LogP contribution is 2.24. The number of amides is 1. The standard InChI is InChI=1S/C19H35N3O3/c1-14-11-21(12-15(2)25-14)13-16-3-7-22(8-4-16)19(23)18(20)17-5-9-24-10-6-17/h14-18H,3-13,20H2,1-2H3. The first kappa shape index (κ1) is 19.1. The molecule has 3 aliphatic heterocycles. The molecule has 0 saturated carbocycles. The van der Waals surface area contributed by atoms with Gasteiger partial charge in [-0.05, 0) is 51.4 Å². The van der Waals surface area contributed by atoms with Gasteiger partial charge in [-0.25, -0.2) is 0 Å². The second-order valence-electron chi connectivity index (χ2n) is 8.22. The van der Waals surface area contributed by atoms with Gasteiger partial charge in [-0.1, -0.05) is 0 Å². The van der Waals surface area contributed by atoms with Crippen LogP contribution in [0.1, 0.15) is 39.5 Å². The summed E-state index contributed by atoms with van der Waals surface area (Å²) >= 11 is 0. The molecule has 144 valence electrons. The summed E-state index contributed by atoms with van der Waals surface area (Å²) < 4.78 is 11.2. The number of carbonyl (C=O) groups is 1. The zero-order chi connectivity index (χ0) is 17.8. The normalized spacial score (nSPS) is 31.9. The van der Waals surface area contributed by atoms with Crippen molar-refractivity contribution in [2.24, 2.45) is 17.6 Å². The second kappa shape index (κ2) is 8.80. The van der Waals surface area contributed by atoms with E-state index < -0.39 is 0 Å². The Morgan fingerprint density at radius 3 is 2.28 bits per heavy atom. The molecule has 2 N–H and O–H groups in total. The van der Waals surface area contributed by atoms with E-state index in [-0.39, 0.29) is 17.9 Å². The van der Waals surface area contributed by atoms with Gasteiger partial charge in [-0.2, -0.15) is 0 Å². The summed E-state index contributed by atoms with van der Waals surface area (Å²) in [6.07, 6.45) is 4.65. The molecule has 0 aliphatic carbocycles. The summed E-state index contributed by atoms with van der Waals surface area (Å²) in [5.41, 5.74) is 6.27. The van der Waals surface area contributed by atoms with Gasteiger partial charge in [0.15, 0.2) is 0 Å². The van der Waals surface area contributed by atoms with Gasteiger partial charge in [-0.3, -0.25) is 9.69 Å². The van der Waals surface area contributed by atoms with E-state index in [9.17, 15) is 4.79 Å². The van der Waals surface area contributed by atoms with Crippen LogP contribution in [0.25, 0.3) is 0 Å². The molecular formula is C19H35N3O3. The van der Waals surface area contributed by atoms with Crippen LogP contribution in [0.3, 0.4) is 0 Å². The minimum atomic E-state index is -0.346. The molecule has 3 saturated heterocycles. The lowest BCUT2D eigenvalue weighted by atomic mass is 9.90. The minimum absolute atomic E-state index is 0.152. The molecule has 25 heavy (non-hydrogen) atoms. The number of likely N-dealkylation sites (tertiary alicyclic amines) is 1. The zero-order valence-corrected chi connectivity index (χ0v) is 15.9. The third kappa shape index (κ3) is 5.16. The van der Waals surface area contributed by atoms with Crippen molar-refractivity contribution in [3.8, 4) is 0 Å². The van der Waals surface area contributed by atoms with Gasteiger partial charge < -0.3 is 20.1 Å². The molecule has 3 rings (SSSR count). The van der Waals surface area contributed by atoms with Gasteiger partial charge in [0, 0.05) is 45.9 Å². The Morgan fingerprint density at radius 2 is 1.68 bits per heavy atom. The molecular weight excluding hydrogens is 318 g/mol. The maximum atomic E-state index is 12.7. The maximum Gasteiger partial charge on any atom is 0.239 e. The van der Waals surface area contributed by atoms with Crippen LogP contribution < -0.4 is 5.73 Å². The molecule has 6 heteroatoms. The highest BCUT2D eigenvalue weighted by molar-refractivity contribution is 5.82. The van der Waals surface area contributed by atoms with E-state index in [1.807, 2.05) is 4.90 Å². The first-order valence-electron chi connectivity index (χ1n) is 10.0. The predicted octanol–water partition coefficient (Wildman–Crippen LogP) is 1.09. The van der Waals surface area contributed by atoms with Gasteiger partial charge in [-0.15, -0.1) is 0 Å². The van der Waals surface area contributed by atoms with Crippen molar-refractivity contribution in [3.63, 3.8) is 0 Å². The lowest BCUT2D eigenvalue weighted by Crippen LogP contribution is -2.52. The maximum absolute atomic E-state index is 12.7. The Morgan fingerprint density at radius 1 is 1.08 bits per heavy atom. The number of hydrogen-bond donors (Lipinski definition) is 1. The van der Waals surface area contributed by atoms with Crippen molar-refractivity contribution in [2.45, 2.75) is 57.8 Å². The summed E-state index contributed by atoms with van der Waals surface area (Å²) in [6.45, 7) is 10.7. The number of nitrogens with two attached hydrogens (primary N) is 1. The first-order chi connectivity index (χ1) is 12.0. The lowest BCUT2D eigenvalue weighted by Gasteiger charge is -2.40. The quantitative estimate of drug-likeness (QED) is 0.819. The summed E-state index contributed by atoms with van der Waals surface area (Å²) in [5, 5.41) is 0. The molecule has 3 atom stereocenters. The van der Waals surface area contributed by atoms with Crippen molar-refractivity contribution < 1.29 is 14.3 Å². The third-order valence-electron chi connectivity index (χ3n) is 6.00. The smallest absolute Gasteiger partial charge is 0.239 e. The van der Waals surface area contributed by atoms with Crippen LogP contribution in [0.5, 0.6) is 0 Å². The van der Waals surface area contributed by atoms with Crippen LogP contribution in [-0.2, 0) is 14.3 Å². The Balaban J connectivity index is 1.42. The summed E-state index contributed by atoms with van der Waals surface area (Å²) in [7, 11) is 0. The van der Waals surface area contributed by atoms with Crippen molar-refractivity contribution in [2.75, 3.05) is 45.9 Å². The fourth-order valence-electron chi connectivity index (χ4n) is 4.62. The molecule has 3 aliphatic rings. The molecule has 0 radical (unpaired) electrons. The van der Waals surface area contributed by atoms with Crippen molar-refractivity contribution in [1.82, 2.24) is 9.80 Å². The predicted molar refractivity (Wildman–Crippen MR) is 97.3 cm³/mol. The van der Waals surface area contributed by atoms with Crippen LogP contribution in [-0.4, -0.2) is 79.9 Å². The Labute approximate surface area is 152 Å². The zero-order valence-electron chi connectivity index (χ0n) is 15.9. The molecule has 0 aromatic carbocycles. The second-order valence-corrected chi connectivity index (χ2v) is 8.22. The van der Waals surface area contributed by atoms with Gasteiger partial charge in [0.25, 0.3) is 0 Å². The summed E-state index contributed by atoms with van der Waals surface area (Å²) in [5.74, 6) is 1.12. The molecule has 3 fully saturated rings. The topological polar surface area (TPSA) is 68.0 Å². The van der Waals surface area contributed by atoms with E-state index in [1.54, 1.807) is 0 Å². The van der Waals surface area contributed by atoms with E-state index in [0.717, 1.165) is 71.6 Å². The molecule has 0 bridgehead atoms. The monoisotopic (exact) mass is 353 g/mol. The molecule has 3 unspecified atom stereocenters. The van der Waals surface area contributed by atoms with E-state index >= 15 is 0 Å². The Kier molecular flexibility index (Phi) is 6.72.